The van der Waals surface area contributed by atoms with Gasteiger partial charge in [-0.05, 0) is 36.8 Å². The van der Waals surface area contributed by atoms with Gasteiger partial charge in [-0.15, -0.1) is 0 Å². The number of hydrogen-bond acceptors (Lipinski definition) is 4. The first kappa shape index (κ1) is 42.6. The minimum Gasteiger partial charge on any atom is -0.872 e. The van der Waals surface area contributed by atoms with E-state index in [0.29, 0.717) is 11.1 Å². The fourth-order valence-corrected chi connectivity index (χ4v) is 5.70. The zero-order valence-electron chi connectivity index (χ0n) is 28.6. The number of aromatic carboxylic acids is 2. The second-order valence-electron chi connectivity index (χ2n) is 12.4. The molecule has 0 aliphatic rings. The summed E-state index contributed by atoms with van der Waals surface area (Å²) in [7, 11) is 0. The molecule has 0 aromatic heterocycles. The van der Waals surface area contributed by atoms with E-state index >= 15 is 0 Å². The summed E-state index contributed by atoms with van der Waals surface area (Å²) in [5, 5.41) is 42.2. The third-order valence-electron chi connectivity index (χ3n) is 8.60. The summed E-state index contributed by atoms with van der Waals surface area (Å²) in [6.45, 7) is 8.49. The number of carboxylic acids is 2. The van der Waals surface area contributed by atoms with Crippen LogP contribution in [-0.4, -0.2) is 22.2 Å². The predicted molar refractivity (Wildman–Crippen MR) is 177 cm³/mol. The van der Waals surface area contributed by atoms with Crippen molar-refractivity contribution in [2.75, 3.05) is 0 Å². The van der Waals surface area contributed by atoms with E-state index in [1.165, 1.54) is 102 Å². The van der Waals surface area contributed by atoms with E-state index in [-0.39, 0.29) is 53.9 Å². The van der Waals surface area contributed by atoms with Gasteiger partial charge in [-0.3, -0.25) is 0 Å². The van der Waals surface area contributed by atoms with Gasteiger partial charge in [0, 0.05) is 0 Å². The Bertz CT molecular complexity index is 1000. The van der Waals surface area contributed by atoms with E-state index < -0.39 is 11.9 Å². The van der Waals surface area contributed by atoms with Crippen LogP contribution in [0.3, 0.4) is 0 Å². The molecule has 0 fully saturated rings. The average molecular weight is 676 g/mol. The van der Waals surface area contributed by atoms with Crippen molar-refractivity contribution in [1.29, 1.82) is 0 Å². The van der Waals surface area contributed by atoms with Gasteiger partial charge in [-0.25, -0.2) is 9.59 Å². The van der Waals surface area contributed by atoms with Gasteiger partial charge >= 0.3 is 31.4 Å². The van der Waals surface area contributed by atoms with E-state index in [0.717, 1.165) is 25.7 Å². The van der Waals surface area contributed by atoms with Crippen LogP contribution in [0, 0.1) is 0 Å². The quantitative estimate of drug-likeness (QED) is 0.0946. The molecule has 248 valence electrons. The van der Waals surface area contributed by atoms with Crippen LogP contribution in [0.1, 0.15) is 187 Å². The largest absolute Gasteiger partial charge is 2.00 e. The summed E-state index contributed by atoms with van der Waals surface area (Å²) >= 11 is 0. The van der Waals surface area contributed by atoms with Crippen LogP contribution in [0.2, 0.25) is 0 Å². The van der Waals surface area contributed by atoms with Gasteiger partial charge in [0.2, 0.25) is 0 Å². The smallest absolute Gasteiger partial charge is 0.872 e. The maximum absolute atomic E-state index is 12.1. The molecule has 0 saturated carbocycles. The van der Waals surface area contributed by atoms with Gasteiger partial charge < -0.3 is 20.4 Å². The van der Waals surface area contributed by atoms with Gasteiger partial charge in [-0.2, -0.15) is 0 Å². The molecule has 2 rings (SSSR count). The monoisotopic (exact) mass is 674 g/mol. The Morgan fingerprint density at radius 3 is 1.13 bits per heavy atom. The summed E-state index contributed by atoms with van der Waals surface area (Å²) in [6, 6.07) is 9.65. The van der Waals surface area contributed by atoms with Gasteiger partial charge in [0.05, 0.1) is 11.1 Å². The number of benzene rings is 2. The van der Waals surface area contributed by atoms with E-state index in [1.54, 1.807) is 24.3 Å². The summed E-state index contributed by atoms with van der Waals surface area (Å²) in [6.07, 6.45) is 22.2. The zero-order valence-corrected chi connectivity index (χ0v) is 31.5. The topological polar surface area (TPSA) is 121 Å². The Hall–Kier alpha value is -2.40. The maximum atomic E-state index is 12.1. The molecule has 0 heterocycles. The molecule has 7 heteroatoms. The molecule has 0 bridgehead atoms. The molecule has 6 nitrogen and oxygen atoms in total. The second kappa shape index (κ2) is 25.8. The summed E-state index contributed by atoms with van der Waals surface area (Å²) < 4.78 is 0. The van der Waals surface area contributed by atoms with Crippen LogP contribution in [-0.2, 0) is 19.5 Å². The van der Waals surface area contributed by atoms with Crippen molar-refractivity contribution in [3.8, 4) is 11.5 Å². The van der Waals surface area contributed by atoms with Gasteiger partial charge in [0.1, 0.15) is 0 Å². The predicted octanol–water partition coefficient (Wildman–Crippen LogP) is 10.2. The van der Waals surface area contributed by atoms with Gasteiger partial charge in [0.15, 0.2) is 0 Å². The Morgan fingerprint density at radius 2 is 0.844 bits per heavy atom. The molecule has 45 heavy (non-hydrogen) atoms. The molecule has 2 unspecified atom stereocenters. The standard InChI is InChI=1S/2C19H30O3.Zn/c2*1-3-4-5-6-7-8-9-10-12-15(2)16-13-11-14-17(18(16)20)19(21)22;/h2*11,13-15,20H,3-10,12H2,1-2H3,(H,21,22);/q;;+2/p-2. The molecule has 0 aliphatic heterocycles. The van der Waals surface area contributed by atoms with Crippen LogP contribution in [0.4, 0.5) is 0 Å². The van der Waals surface area contributed by atoms with E-state index in [1.807, 2.05) is 13.8 Å². The summed E-state index contributed by atoms with van der Waals surface area (Å²) in [4.78, 5) is 22.0. The van der Waals surface area contributed by atoms with Gasteiger partial charge in [0.25, 0.3) is 0 Å². The van der Waals surface area contributed by atoms with Crippen LogP contribution < -0.4 is 10.2 Å². The maximum Gasteiger partial charge on any atom is 2.00 e. The van der Waals surface area contributed by atoms with Crippen molar-refractivity contribution in [1.82, 2.24) is 0 Å². The van der Waals surface area contributed by atoms with Crippen molar-refractivity contribution < 1.29 is 49.5 Å². The van der Waals surface area contributed by atoms with Crippen molar-refractivity contribution in [3.63, 3.8) is 0 Å². The zero-order chi connectivity index (χ0) is 32.7. The molecule has 2 N–H and O–H groups in total. The first-order valence-electron chi connectivity index (χ1n) is 17.2. The first-order chi connectivity index (χ1) is 21.1. The summed E-state index contributed by atoms with van der Waals surface area (Å²) in [5.74, 6) is -2.64. The minimum absolute atomic E-state index is 0. The minimum atomic E-state index is -1.13. The van der Waals surface area contributed by atoms with Crippen LogP contribution in [0.15, 0.2) is 36.4 Å². The SMILES string of the molecule is CCCCCCCCCCC(C)c1cccc(C(=O)O)c1[O-].CCCCCCCCCCC(C)c1cccc(C(=O)O)c1[O-].[Zn+2]. The molecule has 2 aromatic rings. The third kappa shape index (κ3) is 17.2. The number of carbonyl (C=O) groups is 2. The Labute approximate surface area is 285 Å². The molecule has 0 aliphatic carbocycles. The Morgan fingerprint density at radius 1 is 0.556 bits per heavy atom. The molecule has 2 atom stereocenters. The molecular formula is C38H58O6Zn. The van der Waals surface area contributed by atoms with Crippen molar-refractivity contribution in [2.45, 2.75) is 155 Å². The van der Waals surface area contributed by atoms with Crippen molar-refractivity contribution >= 4 is 11.9 Å². The van der Waals surface area contributed by atoms with E-state index in [2.05, 4.69) is 13.8 Å². The van der Waals surface area contributed by atoms with Crippen LogP contribution in [0.25, 0.3) is 0 Å². The molecule has 2 aromatic carbocycles. The van der Waals surface area contributed by atoms with Gasteiger partial charge in [-0.1, -0.05) is 177 Å². The third-order valence-corrected chi connectivity index (χ3v) is 8.60. The molecule has 0 spiro atoms. The number of rotatable bonds is 22. The normalized spacial score (nSPS) is 12.0. The molecule has 0 saturated heterocycles. The number of carboxylic acid groups (broad SMARTS) is 2. The molecule has 0 radical (unpaired) electrons. The van der Waals surface area contributed by atoms with Crippen LogP contribution in [0.5, 0.6) is 11.5 Å². The molecule has 0 amide bonds. The van der Waals surface area contributed by atoms with Crippen molar-refractivity contribution in [2.24, 2.45) is 0 Å². The number of hydrogen-bond donors (Lipinski definition) is 2. The van der Waals surface area contributed by atoms with E-state index in [9.17, 15) is 19.8 Å². The average Bonchev–Trinajstić information content (AvgIpc) is 2.99. The summed E-state index contributed by atoms with van der Waals surface area (Å²) in [5.41, 5.74) is 1.06. The fraction of sp³-hybridized carbons (Fsp3) is 0.632. The molecular weight excluding hydrogens is 618 g/mol. The van der Waals surface area contributed by atoms with Crippen LogP contribution >= 0.6 is 0 Å². The number of unbranched alkanes of at least 4 members (excludes halogenated alkanes) is 14. The van der Waals surface area contributed by atoms with E-state index in [4.69, 9.17) is 10.2 Å². The first-order valence-corrected chi connectivity index (χ1v) is 17.2. The number of para-hydroxylation sites is 2. The Balaban J connectivity index is 0.000000842. The fourth-order valence-electron chi connectivity index (χ4n) is 5.70. The van der Waals surface area contributed by atoms with Crippen molar-refractivity contribution in [3.05, 3.63) is 58.7 Å². The second-order valence-corrected chi connectivity index (χ2v) is 12.4. The Kier molecular flexibility index (Phi) is 24.4.